The van der Waals surface area contributed by atoms with Gasteiger partial charge in [0, 0.05) is 11.1 Å². The molecular weight excluding hydrogens is 327 g/mol. The molecule has 3 aromatic rings. The van der Waals surface area contributed by atoms with E-state index in [1.807, 2.05) is 38.2 Å². The molecule has 0 radical (unpaired) electrons. The number of hydrogen-bond acceptors (Lipinski definition) is 1. The van der Waals surface area contributed by atoms with Crippen molar-refractivity contribution in [3.8, 4) is 11.3 Å². The van der Waals surface area contributed by atoms with Gasteiger partial charge in [-0.2, -0.15) is 0 Å². The number of carbonyl (C=O) groups is 1. The van der Waals surface area contributed by atoms with Gasteiger partial charge in [-0.25, -0.2) is 13.5 Å². The third kappa shape index (κ3) is 2.96. The molecular formula is C22H22FN2O+. The highest BCUT2D eigenvalue weighted by Gasteiger charge is 2.29. The first kappa shape index (κ1) is 16.7. The third-order valence-electron chi connectivity index (χ3n) is 5.28. The fourth-order valence-electron chi connectivity index (χ4n) is 3.66. The molecule has 0 saturated heterocycles. The zero-order chi connectivity index (χ0) is 18.3. The summed E-state index contributed by atoms with van der Waals surface area (Å²) < 4.78 is 17.6. The molecule has 0 saturated carbocycles. The maximum absolute atomic E-state index is 13.2. The Hall–Kier alpha value is -2.75. The van der Waals surface area contributed by atoms with Crippen molar-refractivity contribution in [3.63, 3.8) is 0 Å². The zero-order valence-electron chi connectivity index (χ0n) is 15.1. The lowest BCUT2D eigenvalue weighted by atomic mass is 10.0. The number of aromatic nitrogens is 2. The summed E-state index contributed by atoms with van der Waals surface area (Å²) in [6.07, 6.45) is 4.06. The van der Waals surface area contributed by atoms with Gasteiger partial charge >= 0.3 is 0 Å². The van der Waals surface area contributed by atoms with Crippen LogP contribution in [0.25, 0.3) is 11.3 Å². The quantitative estimate of drug-likeness (QED) is 0.516. The second-order valence-corrected chi connectivity index (χ2v) is 7.04. The van der Waals surface area contributed by atoms with Crippen LogP contribution in [-0.4, -0.2) is 10.4 Å². The van der Waals surface area contributed by atoms with Crippen molar-refractivity contribution in [2.24, 2.45) is 0 Å². The number of carbonyl (C=O) groups excluding carboxylic acids is 1. The molecule has 26 heavy (non-hydrogen) atoms. The van der Waals surface area contributed by atoms with E-state index in [0.29, 0.717) is 6.54 Å². The third-order valence-corrected chi connectivity index (χ3v) is 5.28. The Bertz CT molecular complexity index is 986. The number of fused-ring (bicyclic) bond motifs is 1. The highest BCUT2D eigenvalue weighted by atomic mass is 19.1. The largest absolute Gasteiger partial charge is 0.290 e. The lowest BCUT2D eigenvalue weighted by Gasteiger charge is -2.04. The van der Waals surface area contributed by atoms with E-state index in [1.54, 1.807) is 12.1 Å². The van der Waals surface area contributed by atoms with Crippen molar-refractivity contribution in [3.05, 3.63) is 77.0 Å². The molecule has 2 aromatic carbocycles. The fourth-order valence-corrected chi connectivity index (χ4v) is 3.66. The van der Waals surface area contributed by atoms with Gasteiger partial charge in [-0.3, -0.25) is 4.79 Å². The highest BCUT2D eigenvalue weighted by Crippen LogP contribution is 2.25. The molecule has 0 atom stereocenters. The average molecular weight is 349 g/mol. The predicted molar refractivity (Wildman–Crippen MR) is 98.6 cm³/mol. The van der Waals surface area contributed by atoms with Gasteiger partial charge in [0.25, 0.3) is 5.82 Å². The van der Waals surface area contributed by atoms with E-state index in [0.717, 1.165) is 41.8 Å². The van der Waals surface area contributed by atoms with Crippen LogP contribution in [0, 0.1) is 19.7 Å². The van der Waals surface area contributed by atoms with Crippen LogP contribution in [0.2, 0.25) is 0 Å². The van der Waals surface area contributed by atoms with Gasteiger partial charge in [-0.15, -0.1) is 0 Å². The van der Waals surface area contributed by atoms with E-state index < -0.39 is 0 Å². The lowest BCUT2D eigenvalue weighted by Crippen LogP contribution is -2.40. The summed E-state index contributed by atoms with van der Waals surface area (Å²) in [5.41, 5.74) is 5.10. The van der Waals surface area contributed by atoms with Gasteiger partial charge in [0.1, 0.15) is 12.0 Å². The first-order valence-corrected chi connectivity index (χ1v) is 9.01. The second-order valence-electron chi connectivity index (χ2n) is 7.04. The van der Waals surface area contributed by atoms with Crippen molar-refractivity contribution >= 4 is 5.78 Å². The van der Waals surface area contributed by atoms with Gasteiger partial charge in [0.2, 0.25) is 5.78 Å². The SMILES string of the molecule is Cc1ccc(C(=O)C[n+]2cc(-c3ccc(F)cc3)n3c2CCC3)cc1C. The zero-order valence-corrected chi connectivity index (χ0v) is 15.1. The van der Waals surface area contributed by atoms with Gasteiger partial charge < -0.3 is 0 Å². The molecule has 0 fully saturated rings. The summed E-state index contributed by atoms with van der Waals surface area (Å²) in [6, 6.07) is 12.4. The molecule has 0 N–H and O–H groups in total. The van der Waals surface area contributed by atoms with Gasteiger partial charge in [-0.05, 0) is 61.7 Å². The molecule has 4 rings (SSSR count). The number of aryl methyl sites for hydroxylation is 2. The molecule has 0 unspecified atom stereocenters. The van der Waals surface area contributed by atoms with E-state index in [1.165, 1.54) is 23.5 Å². The Morgan fingerprint density at radius 1 is 1.12 bits per heavy atom. The molecule has 0 bridgehead atoms. The Morgan fingerprint density at radius 3 is 2.62 bits per heavy atom. The van der Waals surface area contributed by atoms with Crippen LogP contribution in [0.15, 0.2) is 48.7 Å². The predicted octanol–water partition coefficient (Wildman–Crippen LogP) is 4.03. The lowest BCUT2D eigenvalue weighted by molar-refractivity contribution is -0.689. The number of Topliss-reactive ketones (excluding diaryl/α,β-unsaturated/α-hetero) is 1. The van der Waals surface area contributed by atoms with Crippen LogP contribution in [0.1, 0.15) is 33.7 Å². The second kappa shape index (κ2) is 6.52. The van der Waals surface area contributed by atoms with Crippen LogP contribution in [0.4, 0.5) is 4.39 Å². The summed E-state index contributed by atoms with van der Waals surface area (Å²) in [5, 5.41) is 0. The van der Waals surface area contributed by atoms with Crippen molar-refractivity contribution in [1.82, 2.24) is 4.57 Å². The smallest absolute Gasteiger partial charge is 0.257 e. The summed E-state index contributed by atoms with van der Waals surface area (Å²) >= 11 is 0. The molecule has 132 valence electrons. The summed E-state index contributed by atoms with van der Waals surface area (Å²) in [5.74, 6) is 1.05. The van der Waals surface area contributed by atoms with E-state index in [2.05, 4.69) is 9.13 Å². The van der Waals surface area contributed by atoms with Crippen molar-refractivity contribution in [2.45, 2.75) is 39.8 Å². The maximum atomic E-state index is 13.2. The number of imidazole rings is 1. The molecule has 1 aliphatic heterocycles. The minimum absolute atomic E-state index is 0.115. The maximum Gasteiger partial charge on any atom is 0.257 e. The van der Waals surface area contributed by atoms with Crippen molar-refractivity contribution in [2.75, 3.05) is 0 Å². The Kier molecular flexibility index (Phi) is 4.19. The van der Waals surface area contributed by atoms with E-state index >= 15 is 0 Å². The number of halogens is 1. The molecule has 1 aromatic heterocycles. The van der Waals surface area contributed by atoms with Crippen molar-refractivity contribution < 1.29 is 13.8 Å². The average Bonchev–Trinajstić information content (AvgIpc) is 3.22. The fraction of sp³-hybridized carbons (Fsp3) is 0.273. The molecule has 0 amide bonds. The molecule has 3 nitrogen and oxygen atoms in total. The van der Waals surface area contributed by atoms with Gasteiger partial charge in [0.05, 0.1) is 13.0 Å². The molecule has 2 heterocycles. The van der Waals surface area contributed by atoms with Crippen LogP contribution >= 0.6 is 0 Å². The van der Waals surface area contributed by atoms with Crippen LogP contribution in [0.5, 0.6) is 0 Å². The van der Waals surface area contributed by atoms with E-state index in [4.69, 9.17) is 0 Å². The Morgan fingerprint density at radius 2 is 1.88 bits per heavy atom. The highest BCUT2D eigenvalue weighted by molar-refractivity contribution is 5.95. The number of hydrogen-bond donors (Lipinski definition) is 0. The molecule has 4 heteroatoms. The Balaban J connectivity index is 1.67. The monoisotopic (exact) mass is 349 g/mol. The van der Waals surface area contributed by atoms with Crippen LogP contribution in [0.3, 0.4) is 0 Å². The first-order valence-electron chi connectivity index (χ1n) is 9.01. The number of rotatable bonds is 4. The minimum Gasteiger partial charge on any atom is -0.290 e. The van der Waals surface area contributed by atoms with Crippen LogP contribution in [-0.2, 0) is 19.5 Å². The topological polar surface area (TPSA) is 25.9 Å². The summed E-state index contributed by atoms with van der Waals surface area (Å²) in [4.78, 5) is 12.8. The van der Waals surface area contributed by atoms with Crippen molar-refractivity contribution in [1.29, 1.82) is 0 Å². The number of nitrogens with zero attached hydrogens (tertiary/aromatic N) is 2. The van der Waals surface area contributed by atoms with Gasteiger partial charge in [-0.1, -0.05) is 12.1 Å². The number of benzene rings is 2. The van der Waals surface area contributed by atoms with Crippen LogP contribution < -0.4 is 4.57 Å². The Labute approximate surface area is 152 Å². The minimum atomic E-state index is -0.236. The first-order chi connectivity index (χ1) is 12.5. The molecule has 0 aliphatic carbocycles. The molecule has 1 aliphatic rings. The van der Waals surface area contributed by atoms with E-state index in [9.17, 15) is 9.18 Å². The summed E-state index contributed by atoms with van der Waals surface area (Å²) in [6.45, 7) is 5.35. The normalized spacial score (nSPS) is 13.0. The molecule has 0 spiro atoms. The van der Waals surface area contributed by atoms with E-state index in [-0.39, 0.29) is 11.6 Å². The summed E-state index contributed by atoms with van der Waals surface area (Å²) in [7, 11) is 0. The number of ketones is 1. The van der Waals surface area contributed by atoms with Gasteiger partial charge in [0.15, 0.2) is 12.2 Å². The standard InChI is InChI=1S/C22H22FN2O/c1-15-5-6-18(12-16(15)2)21(26)14-24-13-20(25-11-3-4-22(24)25)17-7-9-19(23)10-8-17/h5-10,12-13H,3-4,11,14H2,1-2H3/q+1.